The summed E-state index contributed by atoms with van der Waals surface area (Å²) >= 11 is 0. The number of nitrogens with zero attached hydrogens (tertiary/aromatic N) is 3. The number of fused-ring (bicyclic) bond motifs is 1. The number of hydrogen-bond acceptors (Lipinski definition) is 4. The van der Waals surface area contributed by atoms with Gasteiger partial charge in [0.25, 0.3) is 0 Å². The Hall–Kier alpha value is -2.84. The summed E-state index contributed by atoms with van der Waals surface area (Å²) in [5.74, 6) is 1.70. The van der Waals surface area contributed by atoms with Crippen LogP contribution in [0.5, 0.6) is 0 Å². The highest BCUT2D eigenvalue weighted by Gasteiger charge is 2.37. The van der Waals surface area contributed by atoms with Crippen LogP contribution in [0.15, 0.2) is 48.5 Å². The van der Waals surface area contributed by atoms with Crippen LogP contribution in [-0.4, -0.2) is 32.9 Å². The second-order valence-electron chi connectivity index (χ2n) is 8.50. The number of aromatic nitrogens is 2. The Morgan fingerprint density at radius 3 is 2.47 bits per heavy atom. The second-order valence-corrected chi connectivity index (χ2v) is 8.50. The minimum atomic E-state index is -0.414. The van der Waals surface area contributed by atoms with E-state index >= 15 is 0 Å². The SMILES string of the molecule is Cc1ccc(Nc2c(-c3ccc(F)cc3)nc3n2CCN(C(=O)[C@@H](N)C2CC2)C3)cc1.S. The molecule has 1 fully saturated rings. The third-order valence-corrected chi connectivity index (χ3v) is 6.13. The first kappa shape index (κ1) is 22.4. The van der Waals surface area contributed by atoms with E-state index < -0.39 is 6.04 Å². The number of benzene rings is 2. The number of nitrogens with one attached hydrogen (secondary N) is 1. The lowest BCUT2D eigenvalue weighted by Gasteiger charge is -2.30. The summed E-state index contributed by atoms with van der Waals surface area (Å²) in [5.41, 5.74) is 9.86. The van der Waals surface area contributed by atoms with Crippen LogP contribution in [0, 0.1) is 18.7 Å². The summed E-state index contributed by atoms with van der Waals surface area (Å²) in [6.07, 6.45) is 2.07. The Bertz CT molecular complexity index is 1110. The topological polar surface area (TPSA) is 76.2 Å². The van der Waals surface area contributed by atoms with Crippen molar-refractivity contribution in [3.05, 3.63) is 65.7 Å². The Morgan fingerprint density at radius 1 is 1.12 bits per heavy atom. The second kappa shape index (κ2) is 8.96. The Kier molecular flexibility index (Phi) is 6.26. The van der Waals surface area contributed by atoms with Crippen LogP contribution in [0.4, 0.5) is 15.9 Å². The van der Waals surface area contributed by atoms with Gasteiger partial charge in [0.2, 0.25) is 5.91 Å². The van der Waals surface area contributed by atoms with E-state index in [-0.39, 0.29) is 25.2 Å². The predicted molar refractivity (Wildman–Crippen MR) is 129 cm³/mol. The van der Waals surface area contributed by atoms with Crippen LogP contribution in [0.1, 0.15) is 24.2 Å². The van der Waals surface area contributed by atoms with Gasteiger partial charge in [-0.05, 0) is 62.1 Å². The first-order chi connectivity index (χ1) is 15.0. The fourth-order valence-electron chi connectivity index (χ4n) is 4.10. The minimum Gasteiger partial charge on any atom is -0.340 e. The van der Waals surface area contributed by atoms with Crippen LogP contribution >= 0.6 is 13.5 Å². The van der Waals surface area contributed by atoms with Crippen molar-refractivity contribution >= 4 is 30.9 Å². The van der Waals surface area contributed by atoms with Gasteiger partial charge >= 0.3 is 0 Å². The van der Waals surface area contributed by atoms with Gasteiger partial charge in [0.05, 0.1) is 12.6 Å². The molecule has 0 spiro atoms. The van der Waals surface area contributed by atoms with Crippen molar-refractivity contribution in [2.75, 3.05) is 11.9 Å². The van der Waals surface area contributed by atoms with Gasteiger partial charge < -0.3 is 20.5 Å². The molecule has 5 rings (SSSR count). The molecule has 8 heteroatoms. The van der Waals surface area contributed by atoms with Crippen LogP contribution in [0.3, 0.4) is 0 Å². The van der Waals surface area contributed by atoms with Crippen LogP contribution in [0.2, 0.25) is 0 Å². The molecule has 2 aromatic carbocycles. The number of halogens is 1. The van der Waals surface area contributed by atoms with E-state index in [0.717, 1.165) is 41.4 Å². The average Bonchev–Trinajstić information content (AvgIpc) is 3.57. The minimum absolute atomic E-state index is 0. The van der Waals surface area contributed by atoms with E-state index in [1.54, 1.807) is 12.1 Å². The molecule has 6 nitrogen and oxygen atoms in total. The summed E-state index contributed by atoms with van der Waals surface area (Å²) < 4.78 is 15.6. The maximum Gasteiger partial charge on any atom is 0.240 e. The smallest absolute Gasteiger partial charge is 0.240 e. The average molecular weight is 454 g/mol. The molecule has 2 aliphatic rings. The fourth-order valence-corrected chi connectivity index (χ4v) is 4.10. The lowest BCUT2D eigenvalue weighted by molar-refractivity contribution is -0.134. The van der Waals surface area contributed by atoms with Crippen LogP contribution in [-0.2, 0) is 17.9 Å². The fraction of sp³-hybridized carbons (Fsp3) is 0.333. The number of aryl methyl sites for hydroxylation is 1. The number of anilines is 2. The van der Waals surface area contributed by atoms with Gasteiger partial charge in [0, 0.05) is 24.3 Å². The number of carbonyl (C=O) groups is 1. The van der Waals surface area contributed by atoms with Crippen molar-refractivity contribution in [3.8, 4) is 11.3 Å². The van der Waals surface area contributed by atoms with Crippen molar-refractivity contribution in [3.63, 3.8) is 0 Å². The Balaban J connectivity index is 0.00000245. The van der Waals surface area contributed by atoms with Crippen molar-refractivity contribution in [2.24, 2.45) is 11.7 Å². The van der Waals surface area contributed by atoms with Crippen molar-refractivity contribution in [2.45, 2.75) is 38.9 Å². The Morgan fingerprint density at radius 2 is 1.81 bits per heavy atom. The van der Waals surface area contributed by atoms with Gasteiger partial charge in [-0.25, -0.2) is 9.37 Å². The number of imidazole rings is 1. The molecular weight excluding hydrogens is 425 g/mol. The molecule has 1 aliphatic carbocycles. The third kappa shape index (κ3) is 4.38. The Labute approximate surface area is 194 Å². The third-order valence-electron chi connectivity index (χ3n) is 6.13. The quantitative estimate of drug-likeness (QED) is 0.614. The molecule has 2 heterocycles. The van der Waals surface area contributed by atoms with Gasteiger partial charge in [-0.1, -0.05) is 17.7 Å². The van der Waals surface area contributed by atoms with Crippen LogP contribution in [0.25, 0.3) is 11.3 Å². The van der Waals surface area contributed by atoms with E-state index in [0.29, 0.717) is 25.6 Å². The van der Waals surface area contributed by atoms with E-state index in [4.69, 9.17) is 10.7 Å². The van der Waals surface area contributed by atoms with E-state index in [2.05, 4.69) is 9.88 Å². The molecule has 1 atom stereocenters. The molecule has 1 aliphatic heterocycles. The van der Waals surface area contributed by atoms with Crippen molar-refractivity contribution in [1.82, 2.24) is 14.5 Å². The molecule has 32 heavy (non-hydrogen) atoms. The molecule has 0 radical (unpaired) electrons. The van der Waals surface area contributed by atoms with Gasteiger partial charge in [0.1, 0.15) is 23.2 Å². The number of rotatable bonds is 5. The lowest BCUT2D eigenvalue weighted by Crippen LogP contribution is -2.47. The first-order valence-electron chi connectivity index (χ1n) is 10.7. The number of nitrogens with two attached hydrogens (primary N) is 1. The molecule has 1 amide bonds. The molecule has 1 saturated carbocycles. The normalized spacial score (nSPS) is 16.2. The number of carbonyl (C=O) groups excluding carboxylic acids is 1. The summed E-state index contributed by atoms with van der Waals surface area (Å²) in [6.45, 7) is 3.68. The summed E-state index contributed by atoms with van der Waals surface area (Å²) in [7, 11) is 0. The van der Waals surface area contributed by atoms with Gasteiger partial charge in [-0.2, -0.15) is 13.5 Å². The van der Waals surface area contributed by atoms with Crippen molar-refractivity contribution < 1.29 is 9.18 Å². The molecule has 168 valence electrons. The standard InChI is InChI=1S/C24H26FN5O.H2S/c1-15-2-10-19(11-3-15)27-23-22(17-6-8-18(25)9-7-17)28-20-14-29(12-13-30(20)23)24(31)21(26)16-4-5-16;/h2-3,6-11,16,21,27H,4-5,12-14,26H2,1H3;1H2/t21-;/m0./s1. The van der Waals surface area contributed by atoms with E-state index in [9.17, 15) is 9.18 Å². The van der Waals surface area contributed by atoms with Gasteiger partial charge in [-0.15, -0.1) is 0 Å². The van der Waals surface area contributed by atoms with Crippen LogP contribution < -0.4 is 11.1 Å². The molecule has 3 N–H and O–H groups in total. The maximum atomic E-state index is 13.5. The molecule has 1 aromatic heterocycles. The lowest BCUT2D eigenvalue weighted by atomic mass is 10.1. The molecule has 0 saturated heterocycles. The summed E-state index contributed by atoms with van der Waals surface area (Å²) in [4.78, 5) is 19.5. The molecule has 3 aromatic rings. The zero-order chi connectivity index (χ0) is 21.5. The zero-order valence-corrected chi connectivity index (χ0v) is 19.0. The highest BCUT2D eigenvalue weighted by atomic mass is 32.1. The largest absolute Gasteiger partial charge is 0.340 e. The van der Waals surface area contributed by atoms with E-state index in [1.165, 1.54) is 17.7 Å². The van der Waals surface area contributed by atoms with E-state index in [1.807, 2.05) is 36.1 Å². The maximum absolute atomic E-state index is 13.5. The predicted octanol–water partition coefficient (Wildman–Crippen LogP) is 3.93. The first-order valence-corrected chi connectivity index (χ1v) is 10.7. The zero-order valence-electron chi connectivity index (χ0n) is 18.0. The molecule has 0 unspecified atom stereocenters. The highest BCUT2D eigenvalue weighted by molar-refractivity contribution is 7.59. The number of amides is 1. The van der Waals surface area contributed by atoms with Gasteiger partial charge in [0.15, 0.2) is 0 Å². The number of hydrogen-bond donors (Lipinski definition) is 2. The van der Waals surface area contributed by atoms with Crippen molar-refractivity contribution in [1.29, 1.82) is 0 Å². The monoisotopic (exact) mass is 453 g/mol. The highest BCUT2D eigenvalue weighted by Crippen LogP contribution is 2.35. The summed E-state index contributed by atoms with van der Waals surface area (Å²) in [5, 5.41) is 3.49. The summed E-state index contributed by atoms with van der Waals surface area (Å²) in [6, 6.07) is 14.1. The van der Waals surface area contributed by atoms with Gasteiger partial charge in [-0.3, -0.25) is 4.79 Å². The molecule has 0 bridgehead atoms. The molecular formula is C24H28FN5OS.